The van der Waals surface area contributed by atoms with Gasteiger partial charge in [0.15, 0.2) is 0 Å². The second-order valence-electron chi connectivity index (χ2n) is 5.75. The van der Waals surface area contributed by atoms with E-state index in [1.807, 2.05) is 60.7 Å². The van der Waals surface area contributed by atoms with E-state index in [1.54, 1.807) is 6.07 Å². The second kappa shape index (κ2) is 8.64. The van der Waals surface area contributed by atoms with Crippen molar-refractivity contribution in [3.8, 4) is 5.75 Å². The van der Waals surface area contributed by atoms with Crippen LogP contribution in [0.25, 0.3) is 12.2 Å². The minimum absolute atomic E-state index is 0.310. The van der Waals surface area contributed by atoms with Crippen LogP contribution in [0.1, 0.15) is 11.1 Å². The lowest BCUT2D eigenvalue weighted by molar-refractivity contribution is 0.102. The van der Waals surface area contributed by atoms with E-state index < -0.39 is 0 Å². The van der Waals surface area contributed by atoms with Crippen LogP contribution in [0.2, 0.25) is 0 Å². The minimum atomic E-state index is 0.310. The number of rotatable bonds is 6. The maximum atomic E-state index is 9.54. The number of para-hydroxylation sites is 1. The van der Waals surface area contributed by atoms with Crippen LogP contribution in [0.15, 0.2) is 54.6 Å². The zero-order chi connectivity index (χ0) is 16.6. The highest BCUT2D eigenvalue weighted by Crippen LogP contribution is 2.18. The van der Waals surface area contributed by atoms with Gasteiger partial charge in [-0.25, -0.2) is 0 Å². The summed E-state index contributed by atoms with van der Waals surface area (Å²) in [5, 5.41) is 9.54. The molecule has 2 atom stereocenters. The summed E-state index contributed by atoms with van der Waals surface area (Å²) in [6.45, 7) is 3.26. The van der Waals surface area contributed by atoms with Crippen molar-refractivity contribution in [3.63, 3.8) is 0 Å². The summed E-state index contributed by atoms with van der Waals surface area (Å²) < 4.78 is 15.1. The molecule has 0 aromatic heterocycles. The van der Waals surface area contributed by atoms with Gasteiger partial charge in [0.25, 0.3) is 0 Å². The monoisotopic (exact) mass is 326 g/mol. The van der Waals surface area contributed by atoms with E-state index in [-0.39, 0.29) is 0 Å². The van der Waals surface area contributed by atoms with Crippen molar-refractivity contribution in [2.24, 2.45) is 0 Å². The number of hydrogen-bond donors (Lipinski definition) is 1. The van der Waals surface area contributed by atoms with Gasteiger partial charge in [-0.1, -0.05) is 60.7 Å². The first-order valence-corrected chi connectivity index (χ1v) is 8.13. The molecule has 2 unspecified atom stereocenters. The lowest BCUT2D eigenvalue weighted by Crippen LogP contribution is -2.06. The van der Waals surface area contributed by atoms with E-state index in [9.17, 15) is 5.11 Å². The molecule has 2 aromatic carbocycles. The molecule has 0 spiro atoms. The molecule has 0 amide bonds. The largest absolute Gasteiger partial charge is 0.507 e. The summed E-state index contributed by atoms with van der Waals surface area (Å²) in [7, 11) is 0. The highest BCUT2D eigenvalue weighted by molar-refractivity contribution is 5.72. The van der Waals surface area contributed by atoms with Crippen molar-refractivity contribution in [2.45, 2.75) is 12.2 Å². The molecule has 4 rings (SSSR count). The van der Waals surface area contributed by atoms with E-state index in [4.69, 9.17) is 14.2 Å². The molecule has 0 bridgehead atoms. The molecule has 0 radical (unpaired) electrons. The van der Waals surface area contributed by atoms with Crippen molar-refractivity contribution >= 4 is 12.2 Å². The summed E-state index contributed by atoms with van der Waals surface area (Å²) >= 11 is 0. The summed E-state index contributed by atoms with van der Waals surface area (Å²) in [6.07, 6.45) is 4.67. The van der Waals surface area contributed by atoms with Crippen LogP contribution in [-0.2, 0) is 14.2 Å². The van der Waals surface area contributed by atoms with Crippen LogP contribution in [0.3, 0.4) is 0 Å². The summed E-state index contributed by atoms with van der Waals surface area (Å²) in [5.41, 5.74) is 1.96. The minimum Gasteiger partial charge on any atom is -0.507 e. The Labute approximate surface area is 142 Å². The summed E-state index contributed by atoms with van der Waals surface area (Å²) in [6, 6.07) is 17.3. The number of aromatic hydroxyl groups is 1. The van der Waals surface area contributed by atoms with Crippen LogP contribution >= 0.6 is 0 Å². The number of epoxide rings is 2. The molecule has 1 N–H and O–H groups in total. The maximum Gasteiger partial charge on any atom is 0.122 e. The second-order valence-corrected chi connectivity index (χ2v) is 5.75. The van der Waals surface area contributed by atoms with Gasteiger partial charge in [0.05, 0.1) is 26.4 Å². The first-order valence-electron chi connectivity index (χ1n) is 8.13. The van der Waals surface area contributed by atoms with Gasteiger partial charge in [0.2, 0.25) is 0 Å². The lowest BCUT2D eigenvalue weighted by Gasteiger charge is -1.97. The van der Waals surface area contributed by atoms with Gasteiger partial charge in [0, 0.05) is 5.56 Å². The van der Waals surface area contributed by atoms with E-state index in [1.165, 1.54) is 0 Å². The molecule has 2 saturated heterocycles. The molecule has 126 valence electrons. The van der Waals surface area contributed by atoms with Gasteiger partial charge >= 0.3 is 0 Å². The molecule has 0 saturated carbocycles. The lowest BCUT2D eigenvalue weighted by atomic mass is 10.1. The number of phenols is 1. The third-order valence-corrected chi connectivity index (χ3v) is 3.60. The third kappa shape index (κ3) is 6.16. The summed E-state index contributed by atoms with van der Waals surface area (Å²) in [5.74, 6) is 0.310. The Hall–Kier alpha value is -2.14. The smallest absolute Gasteiger partial charge is 0.122 e. The van der Waals surface area contributed by atoms with Crippen LogP contribution in [-0.4, -0.2) is 43.7 Å². The molecule has 4 heteroatoms. The molecule has 24 heavy (non-hydrogen) atoms. The quantitative estimate of drug-likeness (QED) is 0.653. The fraction of sp³-hybridized carbons (Fsp3) is 0.300. The van der Waals surface area contributed by atoms with E-state index in [0.29, 0.717) is 18.0 Å². The normalized spacial score (nSPS) is 21.2. The van der Waals surface area contributed by atoms with Crippen molar-refractivity contribution in [1.82, 2.24) is 0 Å². The Morgan fingerprint density at radius 2 is 1.46 bits per heavy atom. The maximum absolute atomic E-state index is 9.54. The molecule has 2 aliphatic heterocycles. The van der Waals surface area contributed by atoms with Crippen LogP contribution in [0.4, 0.5) is 0 Å². The van der Waals surface area contributed by atoms with Crippen LogP contribution in [0, 0.1) is 0 Å². The van der Waals surface area contributed by atoms with E-state index >= 15 is 0 Å². The van der Waals surface area contributed by atoms with Crippen molar-refractivity contribution < 1.29 is 19.3 Å². The van der Waals surface area contributed by atoms with Gasteiger partial charge in [-0.05, 0) is 11.6 Å². The van der Waals surface area contributed by atoms with Gasteiger partial charge in [-0.2, -0.15) is 0 Å². The highest BCUT2D eigenvalue weighted by atomic mass is 16.6. The molecular weight excluding hydrogens is 304 g/mol. The molecule has 2 aliphatic rings. The Morgan fingerprint density at radius 1 is 0.875 bits per heavy atom. The van der Waals surface area contributed by atoms with Crippen LogP contribution < -0.4 is 0 Å². The van der Waals surface area contributed by atoms with Gasteiger partial charge < -0.3 is 19.3 Å². The predicted molar refractivity (Wildman–Crippen MR) is 93.8 cm³/mol. The molecule has 0 aliphatic carbocycles. The average Bonchev–Trinajstić information content (AvgIpc) is 3.51. The first kappa shape index (κ1) is 16.7. The number of benzene rings is 2. The average molecular weight is 326 g/mol. The number of phenolic OH excluding ortho intramolecular Hbond substituents is 1. The first-order chi connectivity index (χ1) is 11.8. The molecule has 4 nitrogen and oxygen atoms in total. The summed E-state index contributed by atoms with van der Waals surface area (Å²) in [4.78, 5) is 0. The topological polar surface area (TPSA) is 54.5 Å². The standard InChI is InChI=1S/C14H12O.C6H10O3/c15-14-9-5-4-8-13(14)11-10-12-6-2-1-3-7-12;1(5-3-8-5)7-2-6-4-9-6/h1-11,15H;5-6H,1-4H2/b11-10+;. The third-order valence-electron chi connectivity index (χ3n) is 3.60. The zero-order valence-electron chi connectivity index (χ0n) is 13.5. The van der Waals surface area contributed by atoms with Crippen molar-refractivity contribution in [2.75, 3.05) is 26.4 Å². The van der Waals surface area contributed by atoms with E-state index in [0.717, 1.165) is 37.6 Å². The number of hydrogen-bond acceptors (Lipinski definition) is 4. The highest BCUT2D eigenvalue weighted by Gasteiger charge is 2.26. The Bertz CT molecular complexity index is 634. The fourth-order valence-electron chi connectivity index (χ4n) is 2.04. The zero-order valence-corrected chi connectivity index (χ0v) is 13.5. The SMILES string of the molecule is C(OCC1CO1)C1CO1.Oc1ccccc1/C=C/c1ccccc1. The molecular formula is C20H22O4. The number of ether oxygens (including phenoxy) is 3. The Morgan fingerprint density at radius 3 is 2.04 bits per heavy atom. The molecule has 2 aromatic rings. The molecule has 2 fully saturated rings. The van der Waals surface area contributed by atoms with Crippen molar-refractivity contribution in [3.05, 3.63) is 65.7 Å². The molecule has 2 heterocycles. The van der Waals surface area contributed by atoms with Gasteiger partial charge in [-0.15, -0.1) is 0 Å². The Balaban J connectivity index is 0.000000159. The van der Waals surface area contributed by atoms with Crippen LogP contribution in [0.5, 0.6) is 5.75 Å². The Kier molecular flexibility index (Phi) is 6.01. The fourth-order valence-corrected chi connectivity index (χ4v) is 2.04. The van der Waals surface area contributed by atoms with E-state index in [2.05, 4.69) is 0 Å². The van der Waals surface area contributed by atoms with Gasteiger partial charge in [-0.3, -0.25) is 0 Å². The van der Waals surface area contributed by atoms with Gasteiger partial charge in [0.1, 0.15) is 18.0 Å². The van der Waals surface area contributed by atoms with Crippen molar-refractivity contribution in [1.29, 1.82) is 0 Å². The predicted octanol–water partition coefficient (Wildman–Crippen LogP) is 3.36.